The minimum absolute atomic E-state index is 0.334. The van der Waals surface area contributed by atoms with Gasteiger partial charge in [-0.3, -0.25) is 0 Å². The Morgan fingerprint density at radius 2 is 2.21 bits per heavy atom. The molecule has 0 amide bonds. The second-order valence-corrected chi connectivity index (χ2v) is 3.36. The number of hydrogen-bond acceptors (Lipinski definition) is 2. The van der Waals surface area contributed by atoms with Crippen LogP contribution < -0.4 is 0 Å². The van der Waals surface area contributed by atoms with Gasteiger partial charge in [0.25, 0.3) is 0 Å². The van der Waals surface area contributed by atoms with Crippen LogP contribution in [0.15, 0.2) is 12.1 Å². The van der Waals surface area contributed by atoms with Crippen LogP contribution >= 0.6 is 23.2 Å². The molecule has 0 aliphatic rings. The number of hydrogen-bond donors (Lipinski definition) is 0. The summed E-state index contributed by atoms with van der Waals surface area (Å²) in [6.07, 6.45) is 5.65. The van der Waals surface area contributed by atoms with Gasteiger partial charge in [-0.15, -0.1) is 12.3 Å². The summed E-state index contributed by atoms with van der Waals surface area (Å²) in [6.45, 7) is 0.835. The van der Waals surface area contributed by atoms with E-state index < -0.39 is 0 Å². The third-order valence-electron chi connectivity index (χ3n) is 1.51. The zero-order valence-electron chi connectivity index (χ0n) is 7.46. The molecule has 0 unspecified atom stereocenters. The average molecular weight is 230 g/mol. The molecule has 1 aromatic rings. The molecule has 2 nitrogen and oxygen atoms in total. The fourth-order valence-electron chi connectivity index (χ4n) is 0.859. The number of aromatic nitrogens is 1. The minimum atomic E-state index is 0.334. The molecule has 1 rings (SSSR count). The number of ether oxygens (including phenoxy) is 1. The lowest BCUT2D eigenvalue weighted by atomic mass is 10.3. The number of nitrogens with zero attached hydrogens (tertiary/aromatic N) is 1. The molecule has 0 radical (unpaired) electrons. The Hall–Kier alpha value is -0.750. The first-order valence-electron chi connectivity index (χ1n) is 4.06. The number of rotatable bonds is 4. The number of halogens is 2. The summed E-state index contributed by atoms with van der Waals surface area (Å²) in [5.74, 6) is 2.48. The molecular weight excluding hydrogens is 221 g/mol. The molecule has 0 bridgehead atoms. The van der Waals surface area contributed by atoms with Crippen LogP contribution in [-0.4, -0.2) is 11.6 Å². The lowest BCUT2D eigenvalue weighted by molar-refractivity contribution is 0.124. The van der Waals surface area contributed by atoms with Crippen LogP contribution in [0.1, 0.15) is 12.1 Å². The second kappa shape index (κ2) is 5.87. The van der Waals surface area contributed by atoms with E-state index in [0.717, 1.165) is 0 Å². The van der Waals surface area contributed by atoms with Crippen molar-refractivity contribution in [3.05, 3.63) is 28.0 Å². The highest BCUT2D eigenvalue weighted by molar-refractivity contribution is 6.32. The highest BCUT2D eigenvalue weighted by Crippen LogP contribution is 2.17. The molecule has 0 saturated carbocycles. The van der Waals surface area contributed by atoms with E-state index in [1.165, 1.54) is 0 Å². The van der Waals surface area contributed by atoms with Crippen molar-refractivity contribution >= 4 is 23.2 Å². The highest BCUT2D eigenvalue weighted by Gasteiger charge is 2.02. The van der Waals surface area contributed by atoms with Crippen LogP contribution in [0.5, 0.6) is 0 Å². The van der Waals surface area contributed by atoms with Crippen molar-refractivity contribution in [2.75, 3.05) is 6.61 Å². The smallest absolute Gasteiger partial charge is 0.129 e. The summed E-state index contributed by atoms with van der Waals surface area (Å²) in [4.78, 5) is 4.03. The first kappa shape index (κ1) is 11.3. The maximum atomic E-state index is 5.87. The molecule has 0 fully saturated rings. The monoisotopic (exact) mass is 229 g/mol. The van der Waals surface area contributed by atoms with Crippen molar-refractivity contribution in [2.45, 2.75) is 13.0 Å². The van der Waals surface area contributed by atoms with Gasteiger partial charge < -0.3 is 4.74 Å². The fourth-order valence-corrected chi connectivity index (χ4v) is 1.18. The molecular formula is C10H9Cl2NO. The van der Waals surface area contributed by atoms with E-state index in [1.807, 2.05) is 0 Å². The first-order chi connectivity index (χ1) is 6.74. The van der Waals surface area contributed by atoms with Crippen molar-refractivity contribution in [1.82, 2.24) is 4.98 Å². The zero-order chi connectivity index (χ0) is 10.4. The van der Waals surface area contributed by atoms with E-state index in [0.29, 0.717) is 35.5 Å². The number of pyridine rings is 1. The summed E-state index contributed by atoms with van der Waals surface area (Å²) in [7, 11) is 0. The van der Waals surface area contributed by atoms with Gasteiger partial charge in [-0.25, -0.2) is 4.98 Å². The van der Waals surface area contributed by atoms with Gasteiger partial charge in [0, 0.05) is 6.42 Å². The predicted octanol–water partition coefficient (Wildman–Crippen LogP) is 2.93. The Balaban J connectivity index is 2.50. The Kier molecular flexibility index (Phi) is 4.75. The SMILES string of the molecule is C#CCCOCc1nc(Cl)ccc1Cl. The van der Waals surface area contributed by atoms with Crippen LogP contribution in [0.2, 0.25) is 10.2 Å². The van der Waals surface area contributed by atoms with E-state index in [9.17, 15) is 0 Å². The van der Waals surface area contributed by atoms with Crippen molar-refractivity contribution in [2.24, 2.45) is 0 Å². The van der Waals surface area contributed by atoms with E-state index in [2.05, 4.69) is 10.9 Å². The van der Waals surface area contributed by atoms with Crippen LogP contribution in [0, 0.1) is 12.3 Å². The van der Waals surface area contributed by atoms with Crippen LogP contribution in [-0.2, 0) is 11.3 Å². The van der Waals surface area contributed by atoms with E-state index in [-0.39, 0.29) is 0 Å². The van der Waals surface area contributed by atoms with Gasteiger partial charge in [0.1, 0.15) is 5.15 Å². The molecule has 74 valence electrons. The standard InChI is InChI=1S/C10H9Cl2NO/c1-2-3-6-14-7-9-8(11)4-5-10(12)13-9/h1,4-5H,3,6-7H2. The summed E-state index contributed by atoms with van der Waals surface area (Å²) in [5.41, 5.74) is 0.635. The first-order valence-corrected chi connectivity index (χ1v) is 4.81. The van der Waals surface area contributed by atoms with Crippen molar-refractivity contribution in [1.29, 1.82) is 0 Å². The van der Waals surface area contributed by atoms with Gasteiger partial charge in [-0.05, 0) is 12.1 Å². The third kappa shape index (κ3) is 3.55. The quantitative estimate of drug-likeness (QED) is 0.450. The van der Waals surface area contributed by atoms with Gasteiger partial charge in [0.2, 0.25) is 0 Å². The average Bonchev–Trinajstić information content (AvgIpc) is 2.18. The molecule has 0 spiro atoms. The molecule has 0 atom stereocenters. The molecule has 14 heavy (non-hydrogen) atoms. The molecule has 0 aliphatic heterocycles. The molecule has 1 aromatic heterocycles. The minimum Gasteiger partial charge on any atom is -0.374 e. The second-order valence-electron chi connectivity index (χ2n) is 2.57. The summed E-state index contributed by atoms with van der Waals surface area (Å²) in [6, 6.07) is 3.32. The van der Waals surface area contributed by atoms with Crippen LogP contribution in [0.25, 0.3) is 0 Å². The Labute approximate surface area is 93.2 Å². The van der Waals surface area contributed by atoms with Gasteiger partial charge in [-0.2, -0.15) is 0 Å². The van der Waals surface area contributed by atoms with Crippen molar-refractivity contribution < 1.29 is 4.74 Å². The van der Waals surface area contributed by atoms with Crippen molar-refractivity contribution in [3.63, 3.8) is 0 Å². The van der Waals surface area contributed by atoms with E-state index in [1.54, 1.807) is 12.1 Å². The Morgan fingerprint density at radius 1 is 1.43 bits per heavy atom. The number of terminal acetylenes is 1. The van der Waals surface area contributed by atoms with Gasteiger partial charge in [0.15, 0.2) is 0 Å². The Bertz CT molecular complexity index is 346. The Morgan fingerprint density at radius 3 is 2.93 bits per heavy atom. The van der Waals surface area contributed by atoms with Gasteiger partial charge in [-0.1, -0.05) is 23.2 Å². The lowest BCUT2D eigenvalue weighted by Crippen LogP contribution is -1.98. The summed E-state index contributed by atoms with van der Waals surface area (Å²) >= 11 is 11.6. The van der Waals surface area contributed by atoms with Crippen molar-refractivity contribution in [3.8, 4) is 12.3 Å². The molecule has 0 aromatic carbocycles. The normalized spacial score (nSPS) is 9.79. The molecule has 0 N–H and O–H groups in total. The molecule has 0 aliphatic carbocycles. The maximum absolute atomic E-state index is 5.87. The summed E-state index contributed by atoms with van der Waals surface area (Å²) < 4.78 is 5.25. The molecule has 1 heterocycles. The maximum Gasteiger partial charge on any atom is 0.129 e. The fraction of sp³-hybridized carbons (Fsp3) is 0.300. The lowest BCUT2D eigenvalue weighted by Gasteiger charge is -2.03. The third-order valence-corrected chi connectivity index (χ3v) is 2.07. The van der Waals surface area contributed by atoms with E-state index in [4.69, 9.17) is 34.4 Å². The zero-order valence-corrected chi connectivity index (χ0v) is 8.98. The van der Waals surface area contributed by atoms with Gasteiger partial charge >= 0.3 is 0 Å². The van der Waals surface area contributed by atoms with E-state index >= 15 is 0 Å². The largest absolute Gasteiger partial charge is 0.374 e. The summed E-state index contributed by atoms with van der Waals surface area (Å²) in [5, 5.41) is 0.958. The van der Waals surface area contributed by atoms with Gasteiger partial charge in [0.05, 0.1) is 23.9 Å². The predicted molar refractivity (Wildman–Crippen MR) is 57.4 cm³/mol. The van der Waals surface area contributed by atoms with Crippen LogP contribution in [0.3, 0.4) is 0 Å². The molecule has 4 heteroatoms. The van der Waals surface area contributed by atoms with Crippen LogP contribution in [0.4, 0.5) is 0 Å². The topological polar surface area (TPSA) is 22.1 Å². The highest BCUT2D eigenvalue weighted by atomic mass is 35.5. The molecule has 0 saturated heterocycles.